The van der Waals surface area contributed by atoms with Crippen LogP contribution in [0.25, 0.3) is 6.08 Å². The molecule has 3 nitrogen and oxygen atoms in total. The average molecular weight is 317 g/mol. The molecule has 0 fully saturated rings. The Kier molecular flexibility index (Phi) is 5.25. The standard InChI is InChI=1S/C21H19NO2/c1-2-19-13-14-20(23-15-17-9-5-3-6-10-17)22-21(19)24-16-18-11-7-4-8-12-18/h2-14H,1,15-16H2. The molecule has 3 aromatic rings. The lowest BCUT2D eigenvalue weighted by molar-refractivity contribution is 0.267. The van der Waals surface area contributed by atoms with Crippen molar-refractivity contribution in [3.63, 3.8) is 0 Å². The summed E-state index contributed by atoms with van der Waals surface area (Å²) in [4.78, 5) is 4.46. The minimum absolute atomic E-state index is 0.455. The van der Waals surface area contributed by atoms with E-state index in [1.54, 1.807) is 6.08 Å². The summed E-state index contributed by atoms with van der Waals surface area (Å²) in [6.07, 6.45) is 1.73. The Bertz CT molecular complexity index is 785. The van der Waals surface area contributed by atoms with Gasteiger partial charge in [0.05, 0.1) is 0 Å². The highest BCUT2D eigenvalue weighted by Crippen LogP contribution is 2.22. The molecule has 0 saturated carbocycles. The summed E-state index contributed by atoms with van der Waals surface area (Å²) < 4.78 is 11.6. The number of ether oxygens (including phenoxy) is 2. The summed E-state index contributed by atoms with van der Waals surface area (Å²) in [5, 5.41) is 0. The molecule has 3 heteroatoms. The van der Waals surface area contributed by atoms with Crippen LogP contribution in [-0.4, -0.2) is 4.98 Å². The van der Waals surface area contributed by atoms with Gasteiger partial charge in [-0.25, -0.2) is 0 Å². The second-order valence-corrected chi connectivity index (χ2v) is 5.30. The summed E-state index contributed by atoms with van der Waals surface area (Å²) in [7, 11) is 0. The lowest BCUT2D eigenvalue weighted by Crippen LogP contribution is -2.02. The maximum absolute atomic E-state index is 5.84. The Hall–Kier alpha value is -3.07. The normalized spacial score (nSPS) is 10.2. The molecule has 1 heterocycles. The monoisotopic (exact) mass is 317 g/mol. The van der Waals surface area contributed by atoms with Crippen LogP contribution in [0.2, 0.25) is 0 Å². The van der Waals surface area contributed by atoms with Crippen molar-refractivity contribution < 1.29 is 9.47 Å². The molecule has 0 N–H and O–H groups in total. The number of aromatic nitrogens is 1. The van der Waals surface area contributed by atoms with Gasteiger partial charge in [-0.1, -0.05) is 73.3 Å². The van der Waals surface area contributed by atoms with Crippen molar-refractivity contribution in [1.29, 1.82) is 0 Å². The minimum atomic E-state index is 0.455. The number of pyridine rings is 1. The molecule has 0 atom stereocenters. The first-order chi connectivity index (χ1) is 11.8. The van der Waals surface area contributed by atoms with E-state index >= 15 is 0 Å². The van der Waals surface area contributed by atoms with Gasteiger partial charge in [0, 0.05) is 11.6 Å². The Morgan fingerprint density at radius 3 is 1.92 bits per heavy atom. The van der Waals surface area contributed by atoms with E-state index in [0.29, 0.717) is 25.0 Å². The highest BCUT2D eigenvalue weighted by molar-refractivity contribution is 5.53. The van der Waals surface area contributed by atoms with Crippen LogP contribution < -0.4 is 9.47 Å². The molecule has 0 bridgehead atoms. The second kappa shape index (κ2) is 7.97. The molecule has 0 radical (unpaired) electrons. The molecule has 0 saturated heterocycles. The van der Waals surface area contributed by atoms with E-state index < -0.39 is 0 Å². The maximum atomic E-state index is 5.84. The number of benzene rings is 2. The first kappa shape index (κ1) is 15.8. The third-order valence-corrected chi connectivity index (χ3v) is 3.53. The third-order valence-electron chi connectivity index (χ3n) is 3.53. The van der Waals surface area contributed by atoms with E-state index in [4.69, 9.17) is 9.47 Å². The number of hydrogen-bond donors (Lipinski definition) is 0. The zero-order chi connectivity index (χ0) is 16.6. The van der Waals surface area contributed by atoms with Gasteiger partial charge in [0.15, 0.2) is 0 Å². The van der Waals surface area contributed by atoms with Crippen molar-refractivity contribution in [2.24, 2.45) is 0 Å². The van der Waals surface area contributed by atoms with Gasteiger partial charge >= 0.3 is 0 Å². The van der Waals surface area contributed by atoms with Crippen molar-refractivity contribution in [3.05, 3.63) is 96.1 Å². The zero-order valence-electron chi connectivity index (χ0n) is 13.4. The molecular formula is C21H19NO2. The van der Waals surface area contributed by atoms with Crippen molar-refractivity contribution in [1.82, 2.24) is 4.98 Å². The minimum Gasteiger partial charge on any atom is -0.473 e. The molecule has 1 aromatic heterocycles. The molecule has 120 valence electrons. The molecular weight excluding hydrogens is 298 g/mol. The number of nitrogens with zero attached hydrogens (tertiary/aromatic N) is 1. The Morgan fingerprint density at radius 1 is 0.750 bits per heavy atom. The molecule has 3 rings (SSSR count). The van der Waals surface area contributed by atoms with E-state index in [9.17, 15) is 0 Å². The Balaban J connectivity index is 1.69. The van der Waals surface area contributed by atoms with Crippen LogP contribution in [0.5, 0.6) is 11.8 Å². The molecule has 0 aliphatic rings. The van der Waals surface area contributed by atoms with Gasteiger partial charge in [-0.2, -0.15) is 4.98 Å². The summed E-state index contributed by atoms with van der Waals surface area (Å²) in [5.74, 6) is 1.06. The van der Waals surface area contributed by atoms with Gasteiger partial charge in [0.2, 0.25) is 11.8 Å². The SMILES string of the molecule is C=Cc1ccc(OCc2ccccc2)nc1OCc1ccccc1. The first-order valence-electron chi connectivity index (χ1n) is 7.82. The fourth-order valence-corrected chi connectivity index (χ4v) is 2.24. The van der Waals surface area contributed by atoms with Gasteiger partial charge < -0.3 is 9.47 Å². The highest BCUT2D eigenvalue weighted by Gasteiger charge is 2.06. The predicted octanol–water partition coefficient (Wildman–Crippen LogP) is 4.88. The molecule has 24 heavy (non-hydrogen) atoms. The van der Waals surface area contributed by atoms with E-state index in [0.717, 1.165) is 16.7 Å². The van der Waals surface area contributed by atoms with E-state index in [1.807, 2.05) is 72.8 Å². The van der Waals surface area contributed by atoms with Crippen LogP contribution >= 0.6 is 0 Å². The molecule has 0 aliphatic heterocycles. The fraction of sp³-hybridized carbons (Fsp3) is 0.0952. The van der Waals surface area contributed by atoms with E-state index in [1.165, 1.54) is 0 Å². The lowest BCUT2D eigenvalue weighted by atomic mass is 10.2. The summed E-state index contributed by atoms with van der Waals surface area (Å²) >= 11 is 0. The average Bonchev–Trinajstić information content (AvgIpc) is 2.66. The van der Waals surface area contributed by atoms with Crippen LogP contribution in [0.4, 0.5) is 0 Å². The second-order valence-electron chi connectivity index (χ2n) is 5.30. The highest BCUT2D eigenvalue weighted by atomic mass is 16.5. The topological polar surface area (TPSA) is 31.4 Å². The molecule has 0 unspecified atom stereocenters. The van der Waals surface area contributed by atoms with Crippen LogP contribution in [0.15, 0.2) is 79.4 Å². The van der Waals surface area contributed by atoms with Gasteiger partial charge in [-0.15, -0.1) is 0 Å². The Labute approximate surface area is 142 Å². The van der Waals surface area contributed by atoms with Gasteiger partial charge in [0.1, 0.15) is 13.2 Å². The summed E-state index contributed by atoms with van der Waals surface area (Å²) in [6.45, 7) is 4.74. The number of rotatable bonds is 7. The predicted molar refractivity (Wildman–Crippen MR) is 95.9 cm³/mol. The smallest absolute Gasteiger partial charge is 0.224 e. The molecule has 0 aliphatic carbocycles. The van der Waals surface area contributed by atoms with Gasteiger partial charge in [-0.05, 0) is 17.2 Å². The largest absolute Gasteiger partial charge is 0.473 e. The quantitative estimate of drug-likeness (QED) is 0.622. The zero-order valence-corrected chi connectivity index (χ0v) is 13.4. The van der Waals surface area contributed by atoms with Crippen LogP contribution in [0.1, 0.15) is 16.7 Å². The van der Waals surface area contributed by atoms with Gasteiger partial charge in [-0.3, -0.25) is 0 Å². The van der Waals surface area contributed by atoms with E-state index in [2.05, 4.69) is 11.6 Å². The van der Waals surface area contributed by atoms with Crippen molar-refractivity contribution >= 4 is 6.08 Å². The number of hydrogen-bond acceptors (Lipinski definition) is 3. The van der Waals surface area contributed by atoms with Crippen LogP contribution in [0.3, 0.4) is 0 Å². The fourth-order valence-electron chi connectivity index (χ4n) is 2.24. The first-order valence-corrected chi connectivity index (χ1v) is 7.82. The molecule has 2 aromatic carbocycles. The lowest BCUT2D eigenvalue weighted by Gasteiger charge is -2.11. The van der Waals surface area contributed by atoms with Crippen LogP contribution in [0, 0.1) is 0 Å². The summed E-state index contributed by atoms with van der Waals surface area (Å²) in [5.41, 5.74) is 3.03. The molecule has 0 spiro atoms. The van der Waals surface area contributed by atoms with Gasteiger partial charge in [0.25, 0.3) is 0 Å². The summed E-state index contributed by atoms with van der Waals surface area (Å²) in [6, 6.07) is 23.7. The van der Waals surface area contributed by atoms with Crippen molar-refractivity contribution in [3.8, 4) is 11.8 Å². The maximum Gasteiger partial charge on any atom is 0.224 e. The third kappa shape index (κ3) is 4.23. The Morgan fingerprint density at radius 2 is 1.33 bits per heavy atom. The van der Waals surface area contributed by atoms with Crippen molar-refractivity contribution in [2.45, 2.75) is 13.2 Å². The van der Waals surface area contributed by atoms with Crippen LogP contribution in [-0.2, 0) is 13.2 Å². The molecule has 0 amide bonds. The van der Waals surface area contributed by atoms with E-state index in [-0.39, 0.29) is 0 Å². The van der Waals surface area contributed by atoms with Crippen molar-refractivity contribution in [2.75, 3.05) is 0 Å².